The molecule has 6 nitrogen and oxygen atoms in total. The van der Waals surface area contributed by atoms with Gasteiger partial charge in [-0.2, -0.15) is 0 Å². The van der Waals surface area contributed by atoms with Crippen LogP contribution in [0, 0.1) is 5.92 Å². The maximum Gasteiger partial charge on any atom is 0.341 e. The number of anilines is 1. The van der Waals surface area contributed by atoms with Crippen LogP contribution in [0.2, 0.25) is 0 Å². The maximum atomic E-state index is 13.9. The van der Waals surface area contributed by atoms with Crippen LogP contribution in [0.4, 0.5) is 5.69 Å². The molecule has 3 heterocycles. The Morgan fingerprint density at radius 3 is 2.48 bits per heavy atom. The number of cyclic esters (lactones) is 1. The average Bonchev–Trinajstić information content (AvgIpc) is 3.56. The van der Waals surface area contributed by atoms with E-state index in [0.29, 0.717) is 28.7 Å². The summed E-state index contributed by atoms with van der Waals surface area (Å²) in [5, 5.41) is 1.04. The third kappa shape index (κ3) is 5.16. The number of hydrogen-bond donors (Lipinski definition) is 0. The van der Waals surface area contributed by atoms with Gasteiger partial charge < -0.3 is 18.9 Å². The molecule has 236 valence electrons. The molecule has 6 rings (SSSR count). The van der Waals surface area contributed by atoms with Gasteiger partial charge in [-0.3, -0.25) is 4.98 Å². The Bertz CT molecular complexity index is 1900. The molecular weight excluding hydrogens is 570 g/mol. The van der Waals surface area contributed by atoms with Crippen molar-refractivity contribution in [3.63, 3.8) is 0 Å². The summed E-state index contributed by atoms with van der Waals surface area (Å²) in [7, 11) is 0. The molecule has 0 aliphatic carbocycles. The fraction of sp³-hybridized carbons (Fsp3) is 0.300. The SMILES string of the molecule is C=Cc1ccccc1Oc1cc(N(CC)CC)ccc1C1(c2c(CCC(C)C)n(CC)c3ccccc23)OC(=O)c2cccnc21. The molecule has 2 aromatic heterocycles. The zero-order valence-corrected chi connectivity index (χ0v) is 27.5. The Kier molecular flexibility index (Phi) is 8.72. The highest BCUT2D eigenvalue weighted by Crippen LogP contribution is 2.54. The van der Waals surface area contributed by atoms with E-state index in [1.54, 1.807) is 18.3 Å². The van der Waals surface area contributed by atoms with Crippen molar-refractivity contribution in [1.29, 1.82) is 0 Å². The lowest BCUT2D eigenvalue weighted by molar-refractivity contribution is 0.0239. The fourth-order valence-electron chi connectivity index (χ4n) is 6.91. The summed E-state index contributed by atoms with van der Waals surface area (Å²) in [5.74, 6) is 1.38. The van der Waals surface area contributed by atoms with Gasteiger partial charge in [0.05, 0.1) is 5.56 Å². The average molecular weight is 614 g/mol. The largest absolute Gasteiger partial charge is 0.456 e. The van der Waals surface area contributed by atoms with Gasteiger partial charge in [0.1, 0.15) is 17.2 Å². The van der Waals surface area contributed by atoms with Gasteiger partial charge in [-0.25, -0.2) is 4.79 Å². The lowest BCUT2D eigenvalue weighted by Crippen LogP contribution is -2.32. The fourth-order valence-corrected chi connectivity index (χ4v) is 6.91. The lowest BCUT2D eigenvalue weighted by Gasteiger charge is -2.33. The topological polar surface area (TPSA) is 56.6 Å². The van der Waals surface area contributed by atoms with Crippen LogP contribution in [0.5, 0.6) is 11.5 Å². The first-order valence-electron chi connectivity index (χ1n) is 16.5. The highest BCUT2D eigenvalue weighted by molar-refractivity contribution is 5.98. The Morgan fingerprint density at radius 1 is 0.978 bits per heavy atom. The summed E-state index contributed by atoms with van der Waals surface area (Å²) in [4.78, 5) is 21.1. The van der Waals surface area contributed by atoms with Crippen LogP contribution < -0.4 is 9.64 Å². The van der Waals surface area contributed by atoms with Gasteiger partial charge in [0, 0.05) is 70.9 Å². The molecule has 46 heavy (non-hydrogen) atoms. The number of carbonyl (C=O) groups excluding carboxylic acids is 1. The zero-order chi connectivity index (χ0) is 32.4. The van der Waals surface area contributed by atoms with Crippen LogP contribution >= 0.6 is 0 Å². The van der Waals surface area contributed by atoms with Crippen LogP contribution in [-0.4, -0.2) is 28.6 Å². The van der Waals surface area contributed by atoms with Crippen molar-refractivity contribution in [2.45, 2.75) is 59.6 Å². The number of nitrogens with zero attached hydrogens (tertiary/aromatic N) is 3. The zero-order valence-electron chi connectivity index (χ0n) is 27.5. The van der Waals surface area contributed by atoms with E-state index in [1.807, 2.05) is 30.3 Å². The van der Waals surface area contributed by atoms with Crippen LogP contribution in [-0.2, 0) is 23.3 Å². The summed E-state index contributed by atoms with van der Waals surface area (Å²) in [6, 6.07) is 26.2. The van der Waals surface area contributed by atoms with Crippen LogP contribution in [0.3, 0.4) is 0 Å². The third-order valence-electron chi connectivity index (χ3n) is 9.14. The van der Waals surface area contributed by atoms with Crippen molar-refractivity contribution in [2.75, 3.05) is 18.0 Å². The molecule has 0 spiro atoms. The summed E-state index contributed by atoms with van der Waals surface area (Å²) in [5.41, 5.74) is 5.55. The number of rotatable bonds is 12. The predicted molar refractivity (Wildman–Crippen MR) is 187 cm³/mol. The monoisotopic (exact) mass is 613 g/mol. The number of hydrogen-bond acceptors (Lipinski definition) is 5. The summed E-state index contributed by atoms with van der Waals surface area (Å²) in [6.45, 7) is 17.4. The number of para-hydroxylation sites is 2. The van der Waals surface area contributed by atoms with Gasteiger partial charge >= 0.3 is 5.97 Å². The molecular formula is C40H43N3O3. The minimum absolute atomic E-state index is 0.392. The molecule has 3 aromatic carbocycles. The second-order valence-corrected chi connectivity index (χ2v) is 12.2. The Hall–Kier alpha value is -4.84. The van der Waals surface area contributed by atoms with Crippen molar-refractivity contribution in [1.82, 2.24) is 9.55 Å². The molecule has 0 bridgehead atoms. The number of pyridine rings is 1. The van der Waals surface area contributed by atoms with E-state index in [4.69, 9.17) is 14.5 Å². The van der Waals surface area contributed by atoms with Gasteiger partial charge in [-0.15, -0.1) is 0 Å². The number of benzene rings is 3. The van der Waals surface area contributed by atoms with Crippen molar-refractivity contribution in [3.8, 4) is 11.5 Å². The minimum atomic E-state index is -1.35. The molecule has 1 aliphatic heterocycles. The highest BCUT2D eigenvalue weighted by Gasteiger charge is 2.54. The Balaban J connectivity index is 1.74. The van der Waals surface area contributed by atoms with Crippen LogP contribution in [0.1, 0.15) is 79.5 Å². The molecule has 0 amide bonds. The Morgan fingerprint density at radius 2 is 1.74 bits per heavy atom. The molecule has 0 N–H and O–H groups in total. The van der Waals surface area contributed by atoms with Gasteiger partial charge in [0.2, 0.25) is 5.60 Å². The molecule has 0 saturated carbocycles. The van der Waals surface area contributed by atoms with Gasteiger partial charge in [-0.05, 0) is 75.9 Å². The number of fused-ring (bicyclic) bond motifs is 2. The minimum Gasteiger partial charge on any atom is -0.456 e. The highest BCUT2D eigenvalue weighted by atomic mass is 16.6. The van der Waals surface area contributed by atoms with E-state index in [2.05, 4.69) is 93.1 Å². The Labute approximate surface area is 272 Å². The van der Waals surface area contributed by atoms with Gasteiger partial charge in [0.25, 0.3) is 0 Å². The summed E-state index contributed by atoms with van der Waals surface area (Å²) < 4.78 is 16.0. The number of esters is 1. The number of aryl methyl sites for hydroxylation is 1. The van der Waals surface area contributed by atoms with Crippen molar-refractivity contribution >= 4 is 28.6 Å². The van der Waals surface area contributed by atoms with E-state index in [9.17, 15) is 4.79 Å². The molecule has 1 unspecified atom stereocenters. The first-order valence-corrected chi connectivity index (χ1v) is 16.5. The van der Waals surface area contributed by atoms with Gasteiger partial charge in [0.15, 0.2) is 0 Å². The smallest absolute Gasteiger partial charge is 0.341 e. The first kappa shape index (κ1) is 31.2. The lowest BCUT2D eigenvalue weighted by atomic mass is 9.79. The first-order chi connectivity index (χ1) is 22.4. The quantitative estimate of drug-likeness (QED) is 0.131. The van der Waals surface area contributed by atoms with Crippen molar-refractivity contribution in [2.24, 2.45) is 5.92 Å². The van der Waals surface area contributed by atoms with E-state index in [-0.39, 0.29) is 0 Å². The van der Waals surface area contributed by atoms with E-state index in [1.165, 1.54) is 0 Å². The second-order valence-electron chi connectivity index (χ2n) is 12.2. The molecule has 6 heteroatoms. The second kappa shape index (κ2) is 12.9. The van der Waals surface area contributed by atoms with Crippen LogP contribution in [0.15, 0.2) is 91.6 Å². The molecule has 0 radical (unpaired) electrons. The molecule has 0 fully saturated rings. The van der Waals surface area contributed by atoms with E-state index in [0.717, 1.165) is 71.5 Å². The van der Waals surface area contributed by atoms with Crippen LogP contribution in [0.25, 0.3) is 17.0 Å². The third-order valence-corrected chi connectivity index (χ3v) is 9.14. The number of aromatic nitrogens is 2. The predicted octanol–water partition coefficient (Wildman–Crippen LogP) is 9.39. The van der Waals surface area contributed by atoms with E-state index < -0.39 is 11.6 Å². The van der Waals surface area contributed by atoms with Crippen molar-refractivity contribution in [3.05, 3.63) is 125 Å². The number of carbonyl (C=O) groups is 1. The molecule has 5 aromatic rings. The molecule has 1 aliphatic rings. The molecule has 0 saturated heterocycles. The normalized spacial score (nSPS) is 15.7. The van der Waals surface area contributed by atoms with E-state index >= 15 is 0 Å². The number of ether oxygens (including phenoxy) is 2. The standard InChI is InChI=1S/C40H43N3O3/c1-7-28-16-11-14-20-35(28)45-36-26-29(42(8-2)9-3)22-23-32(36)40(38-31(39(44)46-40)18-15-25-41-38)37-30-17-12-13-19-33(30)43(10-4)34(37)24-21-27(5)6/h7,11-20,22-23,25-27H,1,8-10,21,24H2,2-6H3. The summed E-state index contributed by atoms with van der Waals surface area (Å²) >= 11 is 0. The summed E-state index contributed by atoms with van der Waals surface area (Å²) in [6.07, 6.45) is 5.36. The maximum absolute atomic E-state index is 13.9. The molecule has 1 atom stereocenters. The van der Waals surface area contributed by atoms with Crippen molar-refractivity contribution < 1.29 is 14.3 Å². The van der Waals surface area contributed by atoms with Gasteiger partial charge in [-0.1, -0.05) is 62.9 Å².